The molecular formula is C29H31N7. The van der Waals surface area contributed by atoms with Crippen LogP contribution in [0.25, 0.3) is 5.70 Å². The van der Waals surface area contributed by atoms with Gasteiger partial charge in [-0.05, 0) is 48.7 Å². The number of rotatable bonds is 5. The van der Waals surface area contributed by atoms with Crippen molar-refractivity contribution in [2.24, 2.45) is 9.98 Å². The number of fused-ring (bicyclic) bond motifs is 1. The molecule has 2 unspecified atom stereocenters. The summed E-state index contributed by atoms with van der Waals surface area (Å²) < 4.78 is 0. The summed E-state index contributed by atoms with van der Waals surface area (Å²) in [6.45, 7) is 6.37. The summed E-state index contributed by atoms with van der Waals surface area (Å²) in [6.07, 6.45) is 4.69. The summed E-state index contributed by atoms with van der Waals surface area (Å²) in [5.74, 6) is 2.20. The molecule has 0 spiro atoms. The Balaban J connectivity index is 1.34. The van der Waals surface area contributed by atoms with Crippen molar-refractivity contribution in [1.29, 1.82) is 0 Å². The lowest BCUT2D eigenvalue weighted by Gasteiger charge is -2.32. The molecule has 7 nitrogen and oxygen atoms in total. The van der Waals surface area contributed by atoms with Gasteiger partial charge in [-0.1, -0.05) is 48.5 Å². The number of benzene rings is 2. The smallest absolute Gasteiger partial charge is 0.145 e. The normalized spacial score (nSPS) is 22.0. The fourth-order valence-electron chi connectivity index (χ4n) is 5.20. The van der Waals surface area contributed by atoms with Gasteiger partial charge in [0.25, 0.3) is 0 Å². The molecule has 3 aromatic rings. The lowest BCUT2D eigenvalue weighted by molar-refractivity contribution is 0.199. The molecule has 6 rings (SSSR count). The number of nitrogen functional groups attached to an aromatic ring is 1. The van der Waals surface area contributed by atoms with E-state index in [9.17, 15) is 0 Å². The van der Waals surface area contributed by atoms with Gasteiger partial charge in [0.2, 0.25) is 0 Å². The Morgan fingerprint density at radius 1 is 1.03 bits per heavy atom. The zero-order valence-corrected chi connectivity index (χ0v) is 20.5. The van der Waals surface area contributed by atoms with E-state index in [1.165, 1.54) is 5.56 Å². The van der Waals surface area contributed by atoms with Crippen LogP contribution in [0.5, 0.6) is 0 Å². The zero-order valence-electron chi connectivity index (χ0n) is 20.5. The van der Waals surface area contributed by atoms with Crippen LogP contribution in [0.4, 0.5) is 11.5 Å². The highest BCUT2D eigenvalue weighted by Gasteiger charge is 2.36. The molecule has 7 heteroatoms. The minimum absolute atomic E-state index is 0.0471. The van der Waals surface area contributed by atoms with Crippen molar-refractivity contribution in [1.82, 2.24) is 15.2 Å². The first kappa shape index (κ1) is 22.6. The molecule has 0 amide bonds. The molecule has 3 aliphatic rings. The Morgan fingerprint density at radius 3 is 2.64 bits per heavy atom. The maximum absolute atomic E-state index is 6.31. The van der Waals surface area contributed by atoms with Crippen LogP contribution in [-0.2, 0) is 6.54 Å². The number of hydrogen-bond acceptors (Lipinski definition) is 7. The van der Waals surface area contributed by atoms with Crippen molar-refractivity contribution in [2.45, 2.75) is 32.0 Å². The first-order chi connectivity index (χ1) is 17.7. The second kappa shape index (κ2) is 9.68. The van der Waals surface area contributed by atoms with Crippen molar-refractivity contribution in [3.05, 3.63) is 95.7 Å². The van der Waals surface area contributed by atoms with Gasteiger partial charge >= 0.3 is 0 Å². The molecule has 0 bridgehead atoms. The molecule has 36 heavy (non-hydrogen) atoms. The minimum atomic E-state index is -0.0471. The number of nitrogens with two attached hydrogens (primary N) is 1. The van der Waals surface area contributed by atoms with Crippen LogP contribution in [0.15, 0.2) is 89.0 Å². The van der Waals surface area contributed by atoms with E-state index in [0.717, 1.165) is 66.8 Å². The van der Waals surface area contributed by atoms with Crippen molar-refractivity contribution >= 4 is 28.9 Å². The summed E-state index contributed by atoms with van der Waals surface area (Å²) in [5, 5.41) is 3.52. The number of piperazine rings is 1. The van der Waals surface area contributed by atoms with E-state index in [0.29, 0.717) is 11.9 Å². The van der Waals surface area contributed by atoms with Gasteiger partial charge in [0.05, 0.1) is 11.3 Å². The monoisotopic (exact) mass is 477 g/mol. The number of nitrogens with one attached hydrogen (secondary N) is 1. The average Bonchev–Trinajstić information content (AvgIpc) is 3.28. The predicted molar refractivity (Wildman–Crippen MR) is 147 cm³/mol. The van der Waals surface area contributed by atoms with Crippen LogP contribution in [0.3, 0.4) is 0 Å². The SMILES string of the molecule is CC1CN(Cc2ccc(N3C(c4cccnc4N)=NC4CC=C(c5ccccc5)N=C43)cc2)CCN1. The quantitative estimate of drug-likeness (QED) is 0.582. The van der Waals surface area contributed by atoms with E-state index in [1.807, 2.05) is 30.3 Å². The molecule has 2 atom stereocenters. The predicted octanol–water partition coefficient (Wildman–Crippen LogP) is 3.94. The highest BCUT2D eigenvalue weighted by atomic mass is 15.3. The van der Waals surface area contributed by atoms with E-state index in [-0.39, 0.29) is 6.04 Å². The highest BCUT2D eigenvalue weighted by molar-refractivity contribution is 6.31. The first-order valence-electron chi connectivity index (χ1n) is 12.6. The summed E-state index contributed by atoms with van der Waals surface area (Å²) in [5.41, 5.74) is 11.6. The van der Waals surface area contributed by atoms with Crippen LogP contribution in [-0.4, -0.2) is 53.3 Å². The van der Waals surface area contributed by atoms with Gasteiger partial charge < -0.3 is 11.1 Å². The van der Waals surface area contributed by atoms with Gasteiger partial charge in [-0.3, -0.25) is 14.8 Å². The molecule has 0 aliphatic carbocycles. The van der Waals surface area contributed by atoms with Gasteiger partial charge in [0.1, 0.15) is 23.5 Å². The van der Waals surface area contributed by atoms with Gasteiger partial charge in [-0.25, -0.2) is 9.98 Å². The van der Waals surface area contributed by atoms with Gasteiger partial charge in [-0.2, -0.15) is 0 Å². The Labute approximate surface area is 212 Å². The maximum atomic E-state index is 6.31. The average molecular weight is 478 g/mol. The maximum Gasteiger partial charge on any atom is 0.145 e. The summed E-state index contributed by atoms with van der Waals surface area (Å²) in [7, 11) is 0. The number of anilines is 2. The third kappa shape index (κ3) is 4.43. The Hall–Kier alpha value is -3.81. The Bertz CT molecular complexity index is 1330. The van der Waals surface area contributed by atoms with Crippen LogP contribution < -0.4 is 16.0 Å². The molecule has 3 N–H and O–H groups in total. The number of aliphatic imine (C=N–C) groups is 2. The van der Waals surface area contributed by atoms with Gasteiger partial charge in [-0.15, -0.1) is 0 Å². The van der Waals surface area contributed by atoms with Crippen molar-refractivity contribution in [3.8, 4) is 0 Å². The molecule has 182 valence electrons. The zero-order chi connectivity index (χ0) is 24.5. The fourth-order valence-corrected chi connectivity index (χ4v) is 5.20. The topological polar surface area (TPSA) is 82.1 Å². The van der Waals surface area contributed by atoms with E-state index >= 15 is 0 Å². The molecule has 0 radical (unpaired) electrons. The fraction of sp³-hybridized carbons (Fsp3) is 0.276. The van der Waals surface area contributed by atoms with Crippen molar-refractivity contribution < 1.29 is 0 Å². The van der Waals surface area contributed by atoms with Crippen LogP contribution in [0, 0.1) is 0 Å². The molecular weight excluding hydrogens is 446 g/mol. The van der Waals surface area contributed by atoms with Gasteiger partial charge in [0, 0.05) is 44.1 Å². The number of pyridine rings is 1. The number of hydrogen-bond donors (Lipinski definition) is 2. The number of aromatic nitrogens is 1. The second-order valence-corrected chi connectivity index (χ2v) is 9.66. The molecule has 3 aliphatic heterocycles. The molecule has 1 fully saturated rings. The third-order valence-electron chi connectivity index (χ3n) is 6.99. The van der Waals surface area contributed by atoms with Crippen LogP contribution in [0.1, 0.15) is 30.0 Å². The van der Waals surface area contributed by atoms with Crippen LogP contribution >= 0.6 is 0 Å². The molecule has 4 heterocycles. The lowest BCUT2D eigenvalue weighted by atomic mass is 10.0. The third-order valence-corrected chi connectivity index (χ3v) is 6.99. The van der Waals surface area contributed by atoms with Crippen molar-refractivity contribution in [2.75, 3.05) is 30.3 Å². The standard InChI is InChI=1S/C29H31N7/c1-20-18-35(17-16-31-20)19-21-9-11-23(12-10-21)36-28(24-8-5-15-32-27(24)30)34-26-14-13-25(33-29(26)36)22-6-3-2-4-7-22/h2-13,15,20,26,31H,14,16-19H2,1H3,(H2,30,32). The molecule has 2 aromatic carbocycles. The summed E-state index contributed by atoms with van der Waals surface area (Å²) >= 11 is 0. The largest absolute Gasteiger partial charge is 0.383 e. The Morgan fingerprint density at radius 2 is 1.86 bits per heavy atom. The highest BCUT2D eigenvalue weighted by Crippen LogP contribution is 2.33. The van der Waals surface area contributed by atoms with Gasteiger partial charge in [0.15, 0.2) is 0 Å². The minimum Gasteiger partial charge on any atom is -0.383 e. The Kier molecular flexibility index (Phi) is 6.09. The van der Waals surface area contributed by atoms with E-state index in [4.69, 9.17) is 15.7 Å². The summed E-state index contributed by atoms with van der Waals surface area (Å²) in [6, 6.07) is 23.5. The van der Waals surface area contributed by atoms with E-state index in [2.05, 4.69) is 69.5 Å². The van der Waals surface area contributed by atoms with Crippen LogP contribution in [0.2, 0.25) is 0 Å². The van der Waals surface area contributed by atoms with E-state index < -0.39 is 0 Å². The second-order valence-electron chi connectivity index (χ2n) is 9.66. The molecule has 0 saturated carbocycles. The number of nitrogens with zero attached hydrogens (tertiary/aromatic N) is 5. The van der Waals surface area contributed by atoms with E-state index in [1.54, 1.807) is 6.20 Å². The first-order valence-corrected chi connectivity index (χ1v) is 12.6. The number of amidine groups is 2. The van der Waals surface area contributed by atoms with Crippen molar-refractivity contribution in [3.63, 3.8) is 0 Å². The summed E-state index contributed by atoms with van der Waals surface area (Å²) in [4.78, 5) is 19.2. The lowest BCUT2D eigenvalue weighted by Crippen LogP contribution is -2.48. The molecule has 1 aromatic heterocycles. The molecule has 1 saturated heterocycles.